The zero-order valence-corrected chi connectivity index (χ0v) is 17.3. The molecule has 4 amide bonds. The van der Waals surface area contributed by atoms with Crippen molar-refractivity contribution in [3.05, 3.63) is 0 Å². The van der Waals surface area contributed by atoms with Crippen molar-refractivity contribution in [2.45, 2.75) is 57.9 Å². The minimum absolute atomic E-state index is 0. The van der Waals surface area contributed by atoms with E-state index in [1.165, 1.54) is 4.90 Å². The van der Waals surface area contributed by atoms with E-state index >= 15 is 0 Å². The van der Waals surface area contributed by atoms with Gasteiger partial charge in [0.15, 0.2) is 0 Å². The predicted octanol–water partition coefficient (Wildman–Crippen LogP) is 1.76. The van der Waals surface area contributed by atoms with Crippen LogP contribution in [0.4, 0.5) is 4.79 Å². The normalized spacial score (nSPS) is 26.7. The Balaban J connectivity index is 0.00000261. The Morgan fingerprint density at radius 1 is 1.15 bits per heavy atom. The Kier molecular flexibility index (Phi) is 7.51. The van der Waals surface area contributed by atoms with E-state index in [1.807, 2.05) is 0 Å². The monoisotopic (exact) mass is 400 g/mol. The fourth-order valence-electron chi connectivity index (χ4n) is 4.49. The number of hydrogen-bond acceptors (Lipinski definition) is 4. The smallest absolute Gasteiger partial charge is 0.325 e. The van der Waals surface area contributed by atoms with Gasteiger partial charge in [-0.1, -0.05) is 13.8 Å². The summed E-state index contributed by atoms with van der Waals surface area (Å²) < 4.78 is 0. The number of halogens is 1. The number of hydrogen-bond donors (Lipinski definition) is 2. The Morgan fingerprint density at radius 3 is 2.44 bits per heavy atom. The van der Waals surface area contributed by atoms with Gasteiger partial charge in [0.05, 0.1) is 0 Å². The topological polar surface area (TPSA) is 81.8 Å². The van der Waals surface area contributed by atoms with Crippen molar-refractivity contribution in [3.8, 4) is 0 Å². The Labute approximate surface area is 168 Å². The summed E-state index contributed by atoms with van der Waals surface area (Å²) in [5.74, 6) is 0.704. The number of piperidine rings is 1. The number of carbonyl (C=O) groups excluding carboxylic acids is 3. The maximum absolute atomic E-state index is 13.4. The molecule has 0 aromatic rings. The molecule has 0 spiro atoms. The first-order chi connectivity index (χ1) is 12.4. The van der Waals surface area contributed by atoms with Gasteiger partial charge < -0.3 is 15.5 Å². The van der Waals surface area contributed by atoms with Crippen LogP contribution < -0.4 is 10.6 Å². The van der Waals surface area contributed by atoms with Gasteiger partial charge in [-0.25, -0.2) is 4.79 Å². The van der Waals surface area contributed by atoms with Gasteiger partial charge >= 0.3 is 6.03 Å². The summed E-state index contributed by atoms with van der Waals surface area (Å²) in [5.41, 5.74) is -0.765. The molecule has 3 saturated heterocycles. The number of nitrogens with one attached hydrogen (secondary N) is 2. The standard InChI is InChI=1S/C19H32N4O3.ClH/c1-14(2)5-8-19(15-6-9-20-10-7-15)17(25)23(18(26)21-19)13-12-22-11-3-4-16(22)24;/h14-15,20H,3-13H2,1-2H3,(H,21,26);1H. The molecular formula is C19H33ClN4O3. The third-order valence-corrected chi connectivity index (χ3v) is 6.12. The first-order valence-corrected chi connectivity index (χ1v) is 10.1. The lowest BCUT2D eigenvalue weighted by molar-refractivity contribution is -0.135. The highest BCUT2D eigenvalue weighted by Gasteiger charge is 2.55. The fourth-order valence-corrected chi connectivity index (χ4v) is 4.49. The van der Waals surface area contributed by atoms with Gasteiger partial charge in [0.1, 0.15) is 5.54 Å². The Hall–Kier alpha value is -1.34. The number of likely N-dealkylation sites (tertiary alicyclic amines) is 1. The molecule has 7 nitrogen and oxygen atoms in total. The van der Waals surface area contributed by atoms with Gasteiger partial charge in [-0.3, -0.25) is 14.5 Å². The molecular weight excluding hydrogens is 368 g/mol. The predicted molar refractivity (Wildman–Crippen MR) is 106 cm³/mol. The lowest BCUT2D eigenvalue weighted by atomic mass is 9.74. The van der Waals surface area contributed by atoms with Crippen LogP contribution in [-0.2, 0) is 9.59 Å². The minimum atomic E-state index is -0.765. The highest BCUT2D eigenvalue weighted by Crippen LogP contribution is 2.36. The summed E-state index contributed by atoms with van der Waals surface area (Å²) in [6.45, 7) is 7.55. The van der Waals surface area contributed by atoms with Crippen LogP contribution in [0.15, 0.2) is 0 Å². The molecule has 3 heterocycles. The number of urea groups is 1. The highest BCUT2D eigenvalue weighted by molar-refractivity contribution is 6.07. The molecule has 3 rings (SSSR count). The van der Waals surface area contributed by atoms with Crippen LogP contribution in [0, 0.1) is 11.8 Å². The molecule has 3 aliphatic heterocycles. The molecule has 154 valence electrons. The Morgan fingerprint density at radius 2 is 1.85 bits per heavy atom. The van der Waals surface area contributed by atoms with Crippen molar-refractivity contribution < 1.29 is 14.4 Å². The molecule has 0 aromatic carbocycles. The summed E-state index contributed by atoms with van der Waals surface area (Å²) in [4.78, 5) is 40.9. The van der Waals surface area contributed by atoms with E-state index in [4.69, 9.17) is 0 Å². The zero-order chi connectivity index (χ0) is 18.7. The van der Waals surface area contributed by atoms with E-state index in [0.717, 1.165) is 45.3 Å². The lowest BCUT2D eigenvalue weighted by Crippen LogP contribution is -2.56. The number of imide groups is 1. The quantitative estimate of drug-likeness (QED) is 0.638. The molecule has 0 aromatic heterocycles. The average Bonchev–Trinajstić information content (AvgIpc) is 3.14. The highest BCUT2D eigenvalue weighted by atomic mass is 35.5. The summed E-state index contributed by atoms with van der Waals surface area (Å²) in [5, 5.41) is 6.43. The van der Waals surface area contributed by atoms with Crippen molar-refractivity contribution in [1.82, 2.24) is 20.4 Å². The summed E-state index contributed by atoms with van der Waals surface area (Å²) in [6.07, 6.45) is 4.86. The number of carbonyl (C=O) groups is 3. The van der Waals surface area contributed by atoms with Crippen LogP contribution in [0.2, 0.25) is 0 Å². The number of rotatable bonds is 7. The largest absolute Gasteiger partial charge is 0.341 e. The van der Waals surface area contributed by atoms with Crippen molar-refractivity contribution in [3.63, 3.8) is 0 Å². The molecule has 0 aliphatic carbocycles. The molecule has 27 heavy (non-hydrogen) atoms. The first-order valence-electron chi connectivity index (χ1n) is 10.1. The van der Waals surface area contributed by atoms with Crippen LogP contribution in [-0.4, -0.2) is 65.9 Å². The van der Waals surface area contributed by atoms with E-state index in [1.54, 1.807) is 4.90 Å². The zero-order valence-electron chi connectivity index (χ0n) is 16.5. The van der Waals surface area contributed by atoms with Crippen LogP contribution >= 0.6 is 12.4 Å². The third kappa shape index (κ3) is 4.57. The molecule has 0 radical (unpaired) electrons. The molecule has 3 fully saturated rings. The van der Waals surface area contributed by atoms with E-state index < -0.39 is 5.54 Å². The second-order valence-electron chi connectivity index (χ2n) is 8.30. The van der Waals surface area contributed by atoms with Crippen LogP contribution in [0.25, 0.3) is 0 Å². The van der Waals surface area contributed by atoms with Gasteiger partial charge in [-0.15, -0.1) is 12.4 Å². The molecule has 1 unspecified atom stereocenters. The average molecular weight is 401 g/mol. The fraction of sp³-hybridized carbons (Fsp3) is 0.842. The third-order valence-electron chi connectivity index (χ3n) is 6.12. The molecule has 0 bridgehead atoms. The molecule has 3 aliphatic rings. The van der Waals surface area contributed by atoms with Crippen molar-refractivity contribution in [2.24, 2.45) is 11.8 Å². The van der Waals surface area contributed by atoms with Gasteiger partial charge in [-0.2, -0.15) is 0 Å². The summed E-state index contributed by atoms with van der Waals surface area (Å²) in [6, 6.07) is -0.288. The minimum Gasteiger partial charge on any atom is -0.341 e. The maximum atomic E-state index is 13.4. The van der Waals surface area contributed by atoms with Crippen molar-refractivity contribution in [2.75, 3.05) is 32.7 Å². The number of nitrogens with zero attached hydrogens (tertiary/aromatic N) is 2. The molecule has 2 N–H and O–H groups in total. The van der Waals surface area contributed by atoms with Crippen LogP contribution in [0.5, 0.6) is 0 Å². The van der Waals surface area contributed by atoms with Crippen molar-refractivity contribution >= 4 is 30.3 Å². The van der Waals surface area contributed by atoms with Gasteiger partial charge in [0, 0.05) is 26.1 Å². The van der Waals surface area contributed by atoms with Gasteiger partial charge in [-0.05, 0) is 57.0 Å². The maximum Gasteiger partial charge on any atom is 0.325 e. The summed E-state index contributed by atoms with van der Waals surface area (Å²) in [7, 11) is 0. The van der Waals surface area contributed by atoms with Gasteiger partial charge in [0.25, 0.3) is 5.91 Å². The van der Waals surface area contributed by atoms with E-state index in [2.05, 4.69) is 24.5 Å². The second kappa shape index (κ2) is 9.24. The molecule has 8 heteroatoms. The molecule has 0 saturated carbocycles. The second-order valence-corrected chi connectivity index (χ2v) is 8.30. The number of amides is 4. The van der Waals surface area contributed by atoms with E-state index in [-0.39, 0.29) is 36.2 Å². The van der Waals surface area contributed by atoms with Crippen LogP contribution in [0.1, 0.15) is 52.4 Å². The van der Waals surface area contributed by atoms with E-state index in [9.17, 15) is 14.4 Å². The van der Waals surface area contributed by atoms with Crippen LogP contribution in [0.3, 0.4) is 0 Å². The summed E-state index contributed by atoms with van der Waals surface area (Å²) >= 11 is 0. The Bertz CT molecular complexity index is 565. The van der Waals surface area contributed by atoms with Gasteiger partial charge in [0.2, 0.25) is 5.91 Å². The SMILES string of the molecule is CC(C)CCC1(C2CCNCC2)NC(=O)N(CCN2CCCC2=O)C1=O.Cl. The van der Waals surface area contributed by atoms with E-state index in [0.29, 0.717) is 31.8 Å². The lowest BCUT2D eigenvalue weighted by Gasteiger charge is -2.38. The molecule has 1 atom stereocenters. The van der Waals surface area contributed by atoms with Crippen molar-refractivity contribution in [1.29, 1.82) is 0 Å². The first kappa shape index (κ1) is 22.0.